The van der Waals surface area contributed by atoms with Crippen molar-refractivity contribution in [3.8, 4) is 11.3 Å². The Kier molecular flexibility index (Phi) is 8.13. The van der Waals surface area contributed by atoms with Crippen molar-refractivity contribution in [2.24, 2.45) is 5.41 Å². The number of carbonyl (C=O) groups excluding carboxylic acids is 1. The van der Waals surface area contributed by atoms with Crippen molar-refractivity contribution in [2.45, 2.75) is 27.2 Å². The van der Waals surface area contributed by atoms with Gasteiger partial charge in [0, 0.05) is 55.8 Å². The maximum Gasteiger partial charge on any atom is 0.229 e. The first-order valence-corrected chi connectivity index (χ1v) is 12.7. The van der Waals surface area contributed by atoms with Gasteiger partial charge in [0.2, 0.25) is 5.91 Å². The van der Waals surface area contributed by atoms with E-state index in [9.17, 15) is 22.8 Å². The Bertz CT molecular complexity index is 1390. The summed E-state index contributed by atoms with van der Waals surface area (Å²) in [6.07, 6.45) is 0.711. The zero-order valence-electron chi connectivity index (χ0n) is 22.1. The number of piperazine rings is 1. The minimum Gasteiger partial charge on any atom is -0.453 e. The van der Waals surface area contributed by atoms with Crippen LogP contribution in [0.15, 0.2) is 39.5 Å². The van der Waals surface area contributed by atoms with Crippen molar-refractivity contribution < 1.29 is 22.4 Å². The van der Waals surface area contributed by atoms with Crippen LogP contribution in [0.2, 0.25) is 0 Å². The van der Waals surface area contributed by atoms with Crippen LogP contribution in [0.3, 0.4) is 0 Å². The van der Waals surface area contributed by atoms with E-state index >= 15 is 0 Å². The van der Waals surface area contributed by atoms with Crippen LogP contribution in [0, 0.1) is 22.9 Å². The van der Waals surface area contributed by atoms with Crippen molar-refractivity contribution in [3.63, 3.8) is 0 Å². The maximum absolute atomic E-state index is 14.7. The van der Waals surface area contributed by atoms with Gasteiger partial charge in [-0.3, -0.25) is 9.59 Å². The number of nitrogens with one attached hydrogen (secondary N) is 2. The molecule has 2 aromatic carbocycles. The van der Waals surface area contributed by atoms with Crippen LogP contribution < -0.4 is 16.1 Å². The molecule has 3 aromatic rings. The minimum absolute atomic E-state index is 0.0341. The van der Waals surface area contributed by atoms with E-state index in [0.717, 1.165) is 44.9 Å². The Hall–Kier alpha value is -3.37. The van der Waals surface area contributed by atoms with E-state index in [-0.39, 0.29) is 34.0 Å². The third-order valence-corrected chi connectivity index (χ3v) is 6.64. The molecule has 1 amide bonds. The molecule has 0 atom stereocenters. The lowest BCUT2D eigenvalue weighted by Crippen LogP contribution is -2.44. The molecule has 10 heteroatoms. The van der Waals surface area contributed by atoms with Crippen LogP contribution in [0.4, 0.5) is 24.5 Å². The number of halogens is 3. The summed E-state index contributed by atoms with van der Waals surface area (Å²) < 4.78 is 49.8. The second kappa shape index (κ2) is 11.2. The van der Waals surface area contributed by atoms with E-state index in [0.29, 0.717) is 19.0 Å². The average molecular weight is 531 g/mol. The van der Waals surface area contributed by atoms with E-state index in [1.807, 2.05) is 0 Å². The fourth-order valence-electron chi connectivity index (χ4n) is 4.25. The molecule has 1 aliphatic heterocycles. The number of carbonyl (C=O) groups is 1. The summed E-state index contributed by atoms with van der Waals surface area (Å²) in [5.41, 5.74) is -1.78. The molecule has 0 radical (unpaired) electrons. The third-order valence-electron chi connectivity index (χ3n) is 6.64. The van der Waals surface area contributed by atoms with E-state index in [4.69, 9.17) is 4.42 Å². The van der Waals surface area contributed by atoms with E-state index in [1.165, 1.54) is 12.1 Å². The standard InChI is InChI=1S/C28H33F3N4O3/c1-28(2,3)27(37)33-21-7-6-17(14-18(21)29)23-16-22(36)24-25(19(30)15-20(31)26(24)38-23)32-8-5-9-35-12-10-34(4)11-13-35/h6-7,14-16,32H,5,8-13H2,1-4H3,(H,33,37). The van der Waals surface area contributed by atoms with Crippen molar-refractivity contribution in [1.82, 2.24) is 9.80 Å². The first-order chi connectivity index (χ1) is 17.9. The average Bonchev–Trinajstić information content (AvgIpc) is 2.85. The third kappa shape index (κ3) is 6.19. The minimum atomic E-state index is -1.03. The lowest BCUT2D eigenvalue weighted by molar-refractivity contribution is -0.123. The Morgan fingerprint density at radius 2 is 1.71 bits per heavy atom. The molecule has 0 spiro atoms. The molecule has 1 aromatic heterocycles. The molecule has 1 saturated heterocycles. The van der Waals surface area contributed by atoms with Crippen molar-refractivity contribution in [2.75, 3.05) is 56.9 Å². The molecule has 1 fully saturated rings. The van der Waals surface area contributed by atoms with Crippen LogP contribution in [-0.4, -0.2) is 62.0 Å². The fraction of sp³-hybridized carbons (Fsp3) is 0.429. The zero-order valence-corrected chi connectivity index (χ0v) is 22.1. The topological polar surface area (TPSA) is 77.8 Å². The van der Waals surface area contributed by atoms with Gasteiger partial charge in [0.25, 0.3) is 0 Å². The number of hydrogen-bond acceptors (Lipinski definition) is 6. The fourth-order valence-corrected chi connectivity index (χ4v) is 4.25. The van der Waals surface area contributed by atoms with E-state index < -0.39 is 33.9 Å². The number of hydrogen-bond donors (Lipinski definition) is 2. The molecule has 0 unspecified atom stereocenters. The predicted octanol–water partition coefficient (Wildman–Crippen LogP) is 4.91. The van der Waals surface area contributed by atoms with Gasteiger partial charge >= 0.3 is 0 Å². The van der Waals surface area contributed by atoms with Gasteiger partial charge in [-0.25, -0.2) is 13.2 Å². The van der Waals surface area contributed by atoms with Crippen LogP contribution in [0.5, 0.6) is 0 Å². The summed E-state index contributed by atoms with van der Waals surface area (Å²) in [4.78, 5) is 29.8. The van der Waals surface area contributed by atoms with Gasteiger partial charge < -0.3 is 24.9 Å². The molecular weight excluding hydrogens is 497 g/mol. The van der Waals surface area contributed by atoms with Crippen LogP contribution in [-0.2, 0) is 4.79 Å². The molecular formula is C28H33F3N4O3. The van der Waals surface area contributed by atoms with Gasteiger partial charge in [-0.05, 0) is 38.2 Å². The highest BCUT2D eigenvalue weighted by molar-refractivity contribution is 5.95. The Balaban J connectivity index is 1.56. The number of fused-ring (bicyclic) bond motifs is 1. The van der Waals surface area contributed by atoms with Crippen molar-refractivity contribution in [3.05, 3.63) is 58.0 Å². The summed E-state index contributed by atoms with van der Waals surface area (Å²) in [6.45, 7) is 10.2. The molecule has 0 bridgehead atoms. The summed E-state index contributed by atoms with van der Waals surface area (Å²) in [5, 5.41) is 5.22. The quantitative estimate of drug-likeness (QED) is 0.423. The van der Waals surface area contributed by atoms with Gasteiger partial charge in [-0.1, -0.05) is 20.8 Å². The van der Waals surface area contributed by atoms with Gasteiger partial charge in [-0.2, -0.15) is 0 Å². The number of rotatable bonds is 7. The highest BCUT2D eigenvalue weighted by Crippen LogP contribution is 2.31. The second-order valence-electron chi connectivity index (χ2n) is 10.7. The van der Waals surface area contributed by atoms with Crippen LogP contribution in [0.25, 0.3) is 22.3 Å². The molecule has 204 valence electrons. The first-order valence-electron chi connectivity index (χ1n) is 12.7. The number of anilines is 2. The highest BCUT2D eigenvalue weighted by atomic mass is 19.1. The smallest absolute Gasteiger partial charge is 0.229 e. The summed E-state index contributed by atoms with van der Waals surface area (Å²) >= 11 is 0. The lowest BCUT2D eigenvalue weighted by atomic mass is 9.95. The summed E-state index contributed by atoms with van der Waals surface area (Å²) in [6, 6.07) is 5.63. The molecule has 1 aliphatic rings. The van der Waals surface area contributed by atoms with E-state index in [1.54, 1.807) is 20.8 Å². The number of nitrogens with zero attached hydrogens (tertiary/aromatic N) is 2. The van der Waals surface area contributed by atoms with Gasteiger partial charge in [-0.15, -0.1) is 0 Å². The SMILES string of the molecule is CN1CCN(CCCNc2c(F)cc(F)c3oc(-c4ccc(NC(=O)C(C)(C)C)c(F)c4)cc(=O)c23)CC1. The summed E-state index contributed by atoms with van der Waals surface area (Å²) in [7, 11) is 2.08. The normalized spacial score (nSPS) is 15.1. The highest BCUT2D eigenvalue weighted by Gasteiger charge is 2.23. The largest absolute Gasteiger partial charge is 0.453 e. The van der Waals surface area contributed by atoms with Gasteiger partial charge in [0.1, 0.15) is 17.4 Å². The van der Waals surface area contributed by atoms with Crippen LogP contribution in [0.1, 0.15) is 27.2 Å². The molecule has 2 N–H and O–H groups in total. The van der Waals surface area contributed by atoms with Crippen LogP contribution >= 0.6 is 0 Å². The Morgan fingerprint density at radius 3 is 2.37 bits per heavy atom. The molecule has 2 heterocycles. The maximum atomic E-state index is 14.7. The molecule has 0 aliphatic carbocycles. The van der Waals surface area contributed by atoms with Gasteiger partial charge in [0.15, 0.2) is 16.8 Å². The lowest BCUT2D eigenvalue weighted by Gasteiger charge is -2.32. The Morgan fingerprint density at radius 1 is 1.00 bits per heavy atom. The molecule has 7 nitrogen and oxygen atoms in total. The van der Waals surface area contributed by atoms with Gasteiger partial charge in [0.05, 0.1) is 16.8 Å². The number of benzene rings is 2. The van der Waals surface area contributed by atoms with E-state index in [2.05, 4.69) is 27.5 Å². The predicted molar refractivity (Wildman–Crippen MR) is 143 cm³/mol. The van der Waals surface area contributed by atoms with Crippen molar-refractivity contribution >= 4 is 28.3 Å². The second-order valence-corrected chi connectivity index (χ2v) is 10.7. The molecule has 0 saturated carbocycles. The number of amides is 1. The number of likely N-dealkylation sites (N-methyl/N-ethyl adjacent to an activating group) is 1. The molecule has 4 rings (SSSR count). The summed E-state index contributed by atoms with van der Waals surface area (Å²) in [5.74, 6) is -3.12. The monoisotopic (exact) mass is 530 g/mol. The zero-order chi connectivity index (χ0) is 27.6. The van der Waals surface area contributed by atoms with Crippen molar-refractivity contribution in [1.29, 1.82) is 0 Å². The molecule has 38 heavy (non-hydrogen) atoms. The first kappa shape index (κ1) is 27.7. The Labute approximate surface area is 219 Å².